The minimum absolute atomic E-state index is 0.0989. The number of aromatic hydroxyl groups is 1. The van der Waals surface area contributed by atoms with E-state index in [9.17, 15) is 9.90 Å². The molecule has 1 aromatic rings. The Kier molecular flexibility index (Phi) is 3.78. The van der Waals surface area contributed by atoms with Gasteiger partial charge in [-0.15, -0.1) is 0 Å². The lowest BCUT2D eigenvalue weighted by molar-refractivity contribution is 0.0938. The first-order chi connectivity index (χ1) is 8.22. The number of hydrogen-bond donors (Lipinski definition) is 2. The van der Waals surface area contributed by atoms with Gasteiger partial charge in [0.05, 0.1) is 12.7 Å². The SMILES string of the molecule is COc1cccc(C(=O)NC2CCSC2)c1O. The molecule has 1 aliphatic heterocycles. The fourth-order valence-corrected chi connectivity index (χ4v) is 2.93. The summed E-state index contributed by atoms with van der Waals surface area (Å²) in [6.45, 7) is 0. The Morgan fingerprint density at radius 2 is 2.41 bits per heavy atom. The summed E-state index contributed by atoms with van der Waals surface area (Å²) in [7, 11) is 1.46. The predicted molar refractivity (Wildman–Crippen MR) is 67.9 cm³/mol. The molecule has 1 aromatic carbocycles. The molecule has 4 nitrogen and oxygen atoms in total. The van der Waals surface area contributed by atoms with E-state index in [1.165, 1.54) is 7.11 Å². The molecule has 5 heteroatoms. The molecule has 1 amide bonds. The Morgan fingerprint density at radius 3 is 3.06 bits per heavy atom. The van der Waals surface area contributed by atoms with Crippen molar-refractivity contribution in [2.24, 2.45) is 0 Å². The molecule has 0 radical (unpaired) electrons. The summed E-state index contributed by atoms with van der Waals surface area (Å²) in [5, 5.41) is 12.8. The molecule has 2 N–H and O–H groups in total. The van der Waals surface area contributed by atoms with Crippen molar-refractivity contribution in [2.75, 3.05) is 18.6 Å². The first-order valence-electron chi connectivity index (χ1n) is 5.47. The van der Waals surface area contributed by atoms with Crippen LogP contribution in [0.5, 0.6) is 11.5 Å². The van der Waals surface area contributed by atoms with E-state index < -0.39 is 0 Å². The average molecular weight is 253 g/mol. The summed E-state index contributed by atoms with van der Waals surface area (Å²) in [6.07, 6.45) is 0.987. The van der Waals surface area contributed by atoms with Gasteiger partial charge in [-0.1, -0.05) is 6.07 Å². The Balaban J connectivity index is 2.12. The zero-order valence-electron chi connectivity index (χ0n) is 9.60. The second-order valence-electron chi connectivity index (χ2n) is 3.89. The number of ether oxygens (including phenoxy) is 1. The Morgan fingerprint density at radius 1 is 1.59 bits per heavy atom. The maximum Gasteiger partial charge on any atom is 0.255 e. The van der Waals surface area contributed by atoms with Gasteiger partial charge in [-0.05, 0) is 24.3 Å². The van der Waals surface area contributed by atoms with Gasteiger partial charge in [-0.2, -0.15) is 11.8 Å². The van der Waals surface area contributed by atoms with Gasteiger partial charge in [-0.3, -0.25) is 4.79 Å². The van der Waals surface area contributed by atoms with Crippen LogP contribution in [0.25, 0.3) is 0 Å². The Hall–Kier alpha value is -1.36. The summed E-state index contributed by atoms with van der Waals surface area (Å²) in [5.74, 6) is 2.00. The second kappa shape index (κ2) is 5.31. The number of phenolic OH excluding ortho intramolecular Hbond substituents is 1. The first-order valence-corrected chi connectivity index (χ1v) is 6.62. The smallest absolute Gasteiger partial charge is 0.255 e. The van der Waals surface area contributed by atoms with E-state index in [0.29, 0.717) is 5.75 Å². The van der Waals surface area contributed by atoms with Crippen molar-refractivity contribution in [3.63, 3.8) is 0 Å². The summed E-state index contributed by atoms with van der Waals surface area (Å²) in [6, 6.07) is 5.11. The zero-order valence-corrected chi connectivity index (χ0v) is 10.4. The molecular formula is C12H15NO3S. The van der Waals surface area contributed by atoms with Crippen molar-refractivity contribution in [3.05, 3.63) is 23.8 Å². The van der Waals surface area contributed by atoms with Crippen molar-refractivity contribution in [1.82, 2.24) is 5.32 Å². The number of rotatable bonds is 3. The molecule has 2 rings (SSSR count). The molecule has 0 spiro atoms. The third-order valence-electron chi connectivity index (χ3n) is 2.73. The summed E-state index contributed by atoms with van der Waals surface area (Å²) in [5.41, 5.74) is 0.265. The van der Waals surface area contributed by atoms with Crippen LogP contribution in [0.2, 0.25) is 0 Å². The quantitative estimate of drug-likeness (QED) is 0.859. The maximum atomic E-state index is 12.0. The van der Waals surface area contributed by atoms with Crippen LogP contribution in [0.1, 0.15) is 16.8 Å². The molecule has 0 aliphatic carbocycles. The van der Waals surface area contributed by atoms with Gasteiger partial charge >= 0.3 is 0 Å². The lowest BCUT2D eigenvalue weighted by Crippen LogP contribution is -2.34. The second-order valence-corrected chi connectivity index (χ2v) is 5.04. The van der Waals surface area contributed by atoms with Gasteiger partial charge in [0, 0.05) is 11.8 Å². The number of methoxy groups -OCH3 is 1. The van der Waals surface area contributed by atoms with Crippen LogP contribution in [-0.2, 0) is 0 Å². The predicted octanol–water partition coefficient (Wildman–Crippen LogP) is 1.64. The van der Waals surface area contributed by atoms with Crippen molar-refractivity contribution in [2.45, 2.75) is 12.5 Å². The number of amides is 1. The van der Waals surface area contributed by atoms with Crippen LogP contribution in [0, 0.1) is 0 Å². The number of carbonyl (C=O) groups excluding carboxylic acids is 1. The van der Waals surface area contributed by atoms with Crippen molar-refractivity contribution < 1.29 is 14.6 Å². The molecular weight excluding hydrogens is 238 g/mol. The highest BCUT2D eigenvalue weighted by atomic mass is 32.2. The Bertz CT molecular complexity index is 416. The topological polar surface area (TPSA) is 58.6 Å². The number of benzene rings is 1. The fourth-order valence-electron chi connectivity index (χ4n) is 1.78. The van der Waals surface area contributed by atoms with E-state index in [1.807, 2.05) is 11.8 Å². The molecule has 1 fully saturated rings. The van der Waals surface area contributed by atoms with Crippen molar-refractivity contribution in [3.8, 4) is 11.5 Å². The molecule has 1 atom stereocenters. The van der Waals surface area contributed by atoms with Crippen molar-refractivity contribution >= 4 is 17.7 Å². The number of para-hydroxylation sites is 1. The lowest BCUT2D eigenvalue weighted by atomic mass is 10.1. The molecule has 0 aromatic heterocycles. The van der Waals surface area contributed by atoms with Gasteiger partial charge in [-0.25, -0.2) is 0 Å². The summed E-state index contributed by atoms with van der Waals surface area (Å²) in [4.78, 5) is 12.0. The van der Waals surface area contributed by atoms with Gasteiger partial charge in [0.15, 0.2) is 11.5 Å². The third kappa shape index (κ3) is 2.66. The highest BCUT2D eigenvalue weighted by Crippen LogP contribution is 2.29. The van der Waals surface area contributed by atoms with Crippen LogP contribution < -0.4 is 10.1 Å². The fraction of sp³-hybridized carbons (Fsp3) is 0.417. The monoisotopic (exact) mass is 253 g/mol. The van der Waals surface area contributed by atoms with Gasteiger partial charge < -0.3 is 15.2 Å². The van der Waals surface area contributed by atoms with Crippen LogP contribution in [0.15, 0.2) is 18.2 Å². The lowest BCUT2D eigenvalue weighted by Gasteiger charge is -2.13. The van der Waals surface area contributed by atoms with E-state index in [1.54, 1.807) is 18.2 Å². The minimum Gasteiger partial charge on any atom is -0.504 e. The number of phenols is 1. The van der Waals surface area contributed by atoms with Crippen LogP contribution in [0.4, 0.5) is 0 Å². The van der Waals surface area contributed by atoms with E-state index in [2.05, 4.69) is 5.32 Å². The molecule has 92 valence electrons. The average Bonchev–Trinajstić information content (AvgIpc) is 2.82. The molecule has 17 heavy (non-hydrogen) atoms. The third-order valence-corrected chi connectivity index (χ3v) is 3.89. The highest BCUT2D eigenvalue weighted by Gasteiger charge is 2.21. The van der Waals surface area contributed by atoms with Crippen LogP contribution in [0.3, 0.4) is 0 Å². The van der Waals surface area contributed by atoms with E-state index >= 15 is 0 Å². The van der Waals surface area contributed by atoms with Gasteiger partial charge in [0.25, 0.3) is 5.91 Å². The number of hydrogen-bond acceptors (Lipinski definition) is 4. The molecule has 1 heterocycles. The number of nitrogens with one attached hydrogen (secondary N) is 1. The van der Waals surface area contributed by atoms with E-state index in [-0.39, 0.29) is 23.3 Å². The normalized spacial score (nSPS) is 19.0. The first kappa shape index (κ1) is 12.1. The maximum absolute atomic E-state index is 12.0. The van der Waals surface area contributed by atoms with Gasteiger partial charge in [0.2, 0.25) is 0 Å². The standard InChI is InChI=1S/C12H15NO3S/c1-16-10-4-2-3-9(11(10)14)12(15)13-8-5-6-17-7-8/h2-4,8,14H,5-7H2,1H3,(H,13,15). The number of carbonyl (C=O) groups is 1. The van der Waals surface area contributed by atoms with Gasteiger partial charge in [0.1, 0.15) is 0 Å². The highest BCUT2D eigenvalue weighted by molar-refractivity contribution is 7.99. The summed E-state index contributed by atoms with van der Waals surface area (Å²) < 4.78 is 4.97. The summed E-state index contributed by atoms with van der Waals surface area (Å²) >= 11 is 1.83. The van der Waals surface area contributed by atoms with Crippen molar-refractivity contribution in [1.29, 1.82) is 0 Å². The molecule has 1 aliphatic rings. The minimum atomic E-state index is -0.242. The molecule has 0 bridgehead atoms. The molecule has 0 saturated carbocycles. The largest absolute Gasteiger partial charge is 0.504 e. The van der Waals surface area contributed by atoms with Crippen LogP contribution >= 0.6 is 11.8 Å². The Labute approximate surface area is 104 Å². The zero-order chi connectivity index (χ0) is 12.3. The van der Waals surface area contributed by atoms with E-state index in [0.717, 1.165) is 17.9 Å². The molecule has 1 unspecified atom stereocenters. The number of thioether (sulfide) groups is 1. The van der Waals surface area contributed by atoms with E-state index in [4.69, 9.17) is 4.74 Å². The van der Waals surface area contributed by atoms with Crippen LogP contribution in [-0.4, -0.2) is 35.7 Å². The molecule has 1 saturated heterocycles.